The molecular formula is C27H28ClN3O2. The van der Waals surface area contributed by atoms with Crippen LogP contribution in [0.25, 0.3) is 11.0 Å². The summed E-state index contributed by atoms with van der Waals surface area (Å²) >= 11 is 6.14. The SMILES string of the molecule is Cc1ccc(OCCCn2c(CCNC(=O)c3ccccc3Cl)nc3ccccc32)c(C)c1. The van der Waals surface area contributed by atoms with Gasteiger partial charge in [-0.3, -0.25) is 4.79 Å². The van der Waals surface area contributed by atoms with Crippen LogP contribution in [-0.4, -0.2) is 28.6 Å². The molecule has 5 nitrogen and oxygen atoms in total. The van der Waals surface area contributed by atoms with Gasteiger partial charge in [-0.2, -0.15) is 0 Å². The minimum atomic E-state index is -0.176. The van der Waals surface area contributed by atoms with E-state index in [2.05, 4.69) is 41.9 Å². The third-order valence-electron chi connectivity index (χ3n) is 5.60. The molecule has 0 radical (unpaired) electrons. The van der Waals surface area contributed by atoms with Crippen molar-refractivity contribution in [2.45, 2.75) is 33.2 Å². The Morgan fingerprint density at radius 2 is 1.85 bits per heavy atom. The number of aryl methyl sites for hydroxylation is 3. The average molecular weight is 462 g/mol. The summed E-state index contributed by atoms with van der Waals surface area (Å²) in [4.78, 5) is 17.3. The molecule has 0 aliphatic rings. The van der Waals surface area contributed by atoms with E-state index in [1.54, 1.807) is 18.2 Å². The fraction of sp³-hybridized carbons (Fsp3) is 0.259. The molecule has 0 saturated heterocycles. The molecule has 0 unspecified atom stereocenters. The van der Waals surface area contributed by atoms with Crippen LogP contribution in [0.5, 0.6) is 5.75 Å². The van der Waals surface area contributed by atoms with Gasteiger partial charge in [0.1, 0.15) is 11.6 Å². The van der Waals surface area contributed by atoms with Crippen LogP contribution in [-0.2, 0) is 13.0 Å². The predicted octanol–water partition coefficient (Wildman–Crippen LogP) is 5.75. The number of nitrogens with zero attached hydrogens (tertiary/aromatic N) is 2. The number of halogens is 1. The van der Waals surface area contributed by atoms with Gasteiger partial charge in [-0.15, -0.1) is 0 Å². The van der Waals surface area contributed by atoms with Gasteiger partial charge in [0.2, 0.25) is 0 Å². The maximum absolute atomic E-state index is 12.5. The van der Waals surface area contributed by atoms with Crippen LogP contribution in [0.15, 0.2) is 66.7 Å². The number of carbonyl (C=O) groups excluding carboxylic acids is 1. The van der Waals surface area contributed by atoms with Crippen molar-refractivity contribution in [1.29, 1.82) is 0 Å². The number of fused-ring (bicyclic) bond motifs is 1. The van der Waals surface area contributed by atoms with E-state index in [0.717, 1.165) is 41.1 Å². The van der Waals surface area contributed by atoms with Crippen LogP contribution >= 0.6 is 11.6 Å². The molecule has 4 aromatic rings. The minimum Gasteiger partial charge on any atom is -0.493 e. The number of amides is 1. The van der Waals surface area contributed by atoms with E-state index in [1.165, 1.54) is 5.56 Å². The monoisotopic (exact) mass is 461 g/mol. The molecule has 0 spiro atoms. The van der Waals surface area contributed by atoms with Gasteiger partial charge in [-0.25, -0.2) is 4.98 Å². The molecule has 3 aromatic carbocycles. The third kappa shape index (κ3) is 5.55. The van der Waals surface area contributed by atoms with Gasteiger partial charge < -0.3 is 14.6 Å². The van der Waals surface area contributed by atoms with Crippen LogP contribution < -0.4 is 10.1 Å². The molecule has 33 heavy (non-hydrogen) atoms. The third-order valence-corrected chi connectivity index (χ3v) is 5.93. The highest BCUT2D eigenvalue weighted by Crippen LogP contribution is 2.20. The van der Waals surface area contributed by atoms with E-state index >= 15 is 0 Å². The number of nitrogens with one attached hydrogen (secondary N) is 1. The zero-order valence-electron chi connectivity index (χ0n) is 19.0. The maximum atomic E-state index is 12.5. The van der Waals surface area contributed by atoms with Crippen molar-refractivity contribution >= 4 is 28.5 Å². The summed E-state index contributed by atoms with van der Waals surface area (Å²) in [7, 11) is 0. The fourth-order valence-corrected chi connectivity index (χ4v) is 4.18. The Morgan fingerprint density at radius 1 is 1.06 bits per heavy atom. The van der Waals surface area contributed by atoms with Gasteiger partial charge in [-0.1, -0.05) is 53.6 Å². The Hall–Kier alpha value is -3.31. The highest BCUT2D eigenvalue weighted by Gasteiger charge is 2.13. The van der Waals surface area contributed by atoms with E-state index < -0.39 is 0 Å². The lowest BCUT2D eigenvalue weighted by Crippen LogP contribution is -2.26. The van der Waals surface area contributed by atoms with E-state index in [1.807, 2.05) is 30.3 Å². The van der Waals surface area contributed by atoms with Gasteiger partial charge in [0, 0.05) is 19.5 Å². The lowest BCUT2D eigenvalue weighted by atomic mass is 10.1. The molecule has 4 rings (SSSR count). The molecule has 1 amide bonds. The number of hydrogen-bond donors (Lipinski definition) is 1. The second kappa shape index (κ2) is 10.5. The summed E-state index contributed by atoms with van der Waals surface area (Å²) in [6, 6.07) is 21.4. The lowest BCUT2D eigenvalue weighted by Gasteiger charge is -2.12. The molecule has 1 heterocycles. The first-order valence-corrected chi connectivity index (χ1v) is 11.6. The number of ether oxygens (including phenoxy) is 1. The summed E-state index contributed by atoms with van der Waals surface area (Å²) in [5.74, 6) is 1.70. The lowest BCUT2D eigenvalue weighted by molar-refractivity contribution is 0.0954. The Balaban J connectivity index is 1.39. The summed E-state index contributed by atoms with van der Waals surface area (Å²) < 4.78 is 8.24. The zero-order valence-corrected chi connectivity index (χ0v) is 19.7. The highest BCUT2D eigenvalue weighted by atomic mass is 35.5. The number of benzene rings is 3. The smallest absolute Gasteiger partial charge is 0.252 e. The molecule has 1 N–H and O–H groups in total. The number of aromatic nitrogens is 2. The number of rotatable bonds is 9. The zero-order chi connectivity index (χ0) is 23.2. The van der Waals surface area contributed by atoms with E-state index in [4.69, 9.17) is 21.3 Å². The standard InChI is InChI=1S/C27H28ClN3O2/c1-19-12-13-25(20(2)18-19)33-17-7-16-31-24-11-6-5-10-23(24)30-26(31)14-15-29-27(32)21-8-3-4-9-22(21)28/h3-6,8-13,18H,7,14-17H2,1-2H3,(H,29,32). The van der Waals surface area contributed by atoms with Crippen LogP contribution in [0.2, 0.25) is 5.02 Å². The van der Waals surface area contributed by atoms with Crippen molar-refractivity contribution in [3.63, 3.8) is 0 Å². The Bertz CT molecular complexity index is 1270. The molecule has 1 aromatic heterocycles. The molecule has 0 bridgehead atoms. The first-order valence-electron chi connectivity index (χ1n) is 11.2. The van der Waals surface area contributed by atoms with Crippen LogP contribution in [0.1, 0.15) is 33.7 Å². The van der Waals surface area contributed by atoms with Gasteiger partial charge in [-0.05, 0) is 56.2 Å². The van der Waals surface area contributed by atoms with Crippen molar-refractivity contribution in [2.24, 2.45) is 0 Å². The molecule has 0 fully saturated rings. The first-order chi connectivity index (χ1) is 16.0. The Labute approximate surface area is 199 Å². The minimum absolute atomic E-state index is 0.176. The van der Waals surface area contributed by atoms with Crippen molar-refractivity contribution < 1.29 is 9.53 Å². The topological polar surface area (TPSA) is 56.1 Å². The first kappa shape index (κ1) is 22.9. The quantitative estimate of drug-likeness (QED) is 0.323. The second-order valence-electron chi connectivity index (χ2n) is 8.13. The van der Waals surface area contributed by atoms with Crippen molar-refractivity contribution in [3.8, 4) is 5.75 Å². The predicted molar refractivity (Wildman–Crippen MR) is 133 cm³/mol. The molecule has 0 aliphatic heterocycles. The summed E-state index contributed by atoms with van der Waals surface area (Å²) in [5, 5.41) is 3.41. The van der Waals surface area contributed by atoms with Crippen LogP contribution in [0.4, 0.5) is 0 Å². The molecule has 0 atom stereocenters. The Kier molecular flexibility index (Phi) is 7.30. The van der Waals surface area contributed by atoms with E-state index in [0.29, 0.717) is 30.2 Å². The summed E-state index contributed by atoms with van der Waals surface area (Å²) in [6.45, 7) is 6.05. The molecular weight excluding hydrogens is 434 g/mol. The van der Waals surface area contributed by atoms with Crippen molar-refractivity contribution in [2.75, 3.05) is 13.2 Å². The number of carbonyl (C=O) groups is 1. The van der Waals surface area contributed by atoms with Crippen LogP contribution in [0, 0.1) is 13.8 Å². The fourth-order valence-electron chi connectivity index (χ4n) is 3.96. The number of imidazole rings is 1. The molecule has 170 valence electrons. The maximum Gasteiger partial charge on any atom is 0.252 e. The van der Waals surface area contributed by atoms with Gasteiger partial charge in [0.15, 0.2) is 0 Å². The van der Waals surface area contributed by atoms with E-state index in [9.17, 15) is 4.79 Å². The molecule has 6 heteroatoms. The van der Waals surface area contributed by atoms with Crippen LogP contribution in [0.3, 0.4) is 0 Å². The number of hydrogen-bond acceptors (Lipinski definition) is 3. The van der Waals surface area contributed by atoms with Crippen molar-refractivity contribution in [1.82, 2.24) is 14.9 Å². The van der Waals surface area contributed by atoms with Gasteiger partial charge in [0.25, 0.3) is 5.91 Å². The average Bonchev–Trinajstić information content (AvgIpc) is 3.15. The number of para-hydroxylation sites is 2. The van der Waals surface area contributed by atoms with Crippen molar-refractivity contribution in [3.05, 3.63) is 94.3 Å². The summed E-state index contributed by atoms with van der Waals surface area (Å²) in [5.41, 5.74) is 4.92. The second-order valence-corrected chi connectivity index (χ2v) is 8.53. The van der Waals surface area contributed by atoms with E-state index in [-0.39, 0.29) is 5.91 Å². The molecule has 0 aliphatic carbocycles. The summed E-state index contributed by atoms with van der Waals surface area (Å²) in [6.07, 6.45) is 1.48. The van der Waals surface area contributed by atoms with Gasteiger partial charge >= 0.3 is 0 Å². The Morgan fingerprint density at radius 3 is 2.67 bits per heavy atom. The normalized spacial score (nSPS) is 11.0. The molecule has 0 saturated carbocycles. The van der Waals surface area contributed by atoms with Gasteiger partial charge in [0.05, 0.1) is 28.2 Å². The largest absolute Gasteiger partial charge is 0.493 e. The highest BCUT2D eigenvalue weighted by molar-refractivity contribution is 6.33.